The monoisotopic (exact) mass is 316 g/mol. The van der Waals surface area contributed by atoms with Crippen molar-refractivity contribution in [3.8, 4) is 0 Å². The summed E-state index contributed by atoms with van der Waals surface area (Å²) in [5.41, 5.74) is 1.99. The van der Waals surface area contributed by atoms with Crippen molar-refractivity contribution in [1.29, 1.82) is 0 Å². The van der Waals surface area contributed by atoms with Crippen LogP contribution >= 0.6 is 23.4 Å². The van der Waals surface area contributed by atoms with E-state index in [1.165, 1.54) is 12.1 Å². The molecule has 1 aromatic rings. The van der Waals surface area contributed by atoms with Crippen molar-refractivity contribution in [3.05, 3.63) is 32.8 Å². The maximum Gasteiger partial charge on any atom is 0.295 e. The molecule has 0 saturated carbocycles. The highest BCUT2D eigenvalue weighted by atomic mass is 35.5. The van der Waals surface area contributed by atoms with Gasteiger partial charge in [-0.05, 0) is 18.2 Å². The number of nitrogen functional groups attached to an aromatic ring is 1. The molecule has 2 rings (SSSR count). The topological polar surface area (TPSA) is 110 Å². The summed E-state index contributed by atoms with van der Waals surface area (Å²) in [6, 6.07) is 2.62. The maximum atomic E-state index is 12.1. The predicted molar refractivity (Wildman–Crippen MR) is 79.1 cm³/mol. The van der Waals surface area contributed by atoms with Crippen LogP contribution in [0.3, 0.4) is 0 Å². The second-order valence-corrected chi connectivity index (χ2v) is 5.84. The van der Waals surface area contributed by atoms with Crippen LogP contribution < -0.4 is 16.6 Å². The van der Waals surface area contributed by atoms with Gasteiger partial charge in [0.1, 0.15) is 5.69 Å². The van der Waals surface area contributed by atoms with E-state index in [0.717, 1.165) is 17.9 Å². The van der Waals surface area contributed by atoms with Gasteiger partial charge >= 0.3 is 0 Å². The van der Waals surface area contributed by atoms with Crippen LogP contribution in [0.4, 0.5) is 11.4 Å². The van der Waals surface area contributed by atoms with E-state index in [4.69, 9.17) is 17.4 Å². The van der Waals surface area contributed by atoms with E-state index < -0.39 is 4.92 Å². The predicted octanol–water partition coefficient (Wildman–Crippen LogP) is 1.77. The van der Waals surface area contributed by atoms with Gasteiger partial charge in [0, 0.05) is 23.4 Å². The molecule has 1 aliphatic heterocycles. The number of thioether (sulfide) groups is 1. The summed E-state index contributed by atoms with van der Waals surface area (Å²) in [5.74, 6) is 6.69. The summed E-state index contributed by atoms with van der Waals surface area (Å²) >= 11 is 7.67. The molecule has 1 heterocycles. The molecule has 108 valence electrons. The minimum Gasteiger partial charge on any atom is -0.348 e. The molecule has 20 heavy (non-hydrogen) atoms. The average Bonchev–Trinajstić information content (AvgIpc) is 2.90. The van der Waals surface area contributed by atoms with Crippen molar-refractivity contribution in [2.24, 2.45) is 5.84 Å². The molecular formula is C11H13ClN4O3S. The summed E-state index contributed by atoms with van der Waals surface area (Å²) in [6.07, 6.45) is 0.897. The first-order chi connectivity index (χ1) is 9.52. The van der Waals surface area contributed by atoms with Gasteiger partial charge in [0.25, 0.3) is 11.6 Å². The van der Waals surface area contributed by atoms with E-state index >= 15 is 0 Å². The number of carbonyl (C=O) groups is 1. The largest absolute Gasteiger partial charge is 0.348 e. The number of nitro groups is 1. The Hall–Kier alpha value is -1.51. The maximum absolute atomic E-state index is 12.1. The number of nitrogens with zero attached hydrogens (tertiary/aromatic N) is 1. The molecule has 0 aliphatic carbocycles. The van der Waals surface area contributed by atoms with Crippen molar-refractivity contribution < 1.29 is 9.72 Å². The first-order valence-corrected chi connectivity index (χ1v) is 7.39. The number of halogens is 1. The van der Waals surface area contributed by atoms with Crippen LogP contribution in [0.25, 0.3) is 0 Å². The number of amides is 1. The smallest absolute Gasteiger partial charge is 0.295 e. The standard InChI is InChI=1S/C11H13ClN4O3S/c12-8-3-6(4-9(16(18)19)10(8)15-13)11(17)14-7-1-2-20-5-7/h3-4,7,15H,1-2,5,13H2,(H,14,17). The normalized spacial score (nSPS) is 17.8. The van der Waals surface area contributed by atoms with Gasteiger partial charge in [-0.3, -0.25) is 20.8 Å². The number of nitrogens with one attached hydrogen (secondary N) is 2. The number of hydrogen-bond donors (Lipinski definition) is 3. The molecule has 1 saturated heterocycles. The van der Waals surface area contributed by atoms with Crippen LogP contribution in [0.5, 0.6) is 0 Å². The SMILES string of the molecule is NNc1c(Cl)cc(C(=O)NC2CCSC2)cc1[N+](=O)[O-]. The van der Waals surface area contributed by atoms with Crippen LogP contribution in [0, 0.1) is 10.1 Å². The molecule has 1 aromatic carbocycles. The van der Waals surface area contributed by atoms with E-state index in [9.17, 15) is 14.9 Å². The Morgan fingerprint density at radius 2 is 2.30 bits per heavy atom. The number of benzene rings is 1. The zero-order valence-corrected chi connectivity index (χ0v) is 12.0. The summed E-state index contributed by atoms with van der Waals surface area (Å²) in [4.78, 5) is 22.4. The first kappa shape index (κ1) is 14.9. The molecule has 0 spiro atoms. The molecule has 7 nitrogen and oxygen atoms in total. The highest BCUT2D eigenvalue weighted by molar-refractivity contribution is 7.99. The molecule has 1 atom stereocenters. The highest BCUT2D eigenvalue weighted by Gasteiger charge is 2.23. The van der Waals surface area contributed by atoms with Gasteiger partial charge in [0.15, 0.2) is 0 Å². The molecule has 1 aliphatic rings. The zero-order chi connectivity index (χ0) is 14.7. The van der Waals surface area contributed by atoms with E-state index in [-0.39, 0.29) is 33.9 Å². The quantitative estimate of drug-likeness (QED) is 0.443. The van der Waals surface area contributed by atoms with Gasteiger partial charge < -0.3 is 10.7 Å². The van der Waals surface area contributed by atoms with Crippen LogP contribution in [-0.4, -0.2) is 28.4 Å². The minimum atomic E-state index is -0.636. The third-order valence-corrected chi connectivity index (χ3v) is 4.40. The van der Waals surface area contributed by atoms with Crippen molar-refractivity contribution in [2.75, 3.05) is 16.9 Å². The van der Waals surface area contributed by atoms with E-state index in [1.807, 2.05) is 0 Å². The van der Waals surface area contributed by atoms with E-state index in [0.29, 0.717) is 0 Å². The van der Waals surface area contributed by atoms with Crippen molar-refractivity contribution in [2.45, 2.75) is 12.5 Å². The lowest BCUT2D eigenvalue weighted by molar-refractivity contribution is -0.384. The number of nitro benzene ring substituents is 1. The Bertz CT molecular complexity index is 549. The molecule has 1 fully saturated rings. The van der Waals surface area contributed by atoms with Crippen LogP contribution in [-0.2, 0) is 0 Å². The molecule has 4 N–H and O–H groups in total. The minimum absolute atomic E-state index is 0.00959. The van der Waals surface area contributed by atoms with Gasteiger partial charge in [-0.1, -0.05) is 11.6 Å². The third kappa shape index (κ3) is 3.14. The number of rotatable bonds is 4. The Balaban J connectivity index is 2.27. The number of carbonyl (C=O) groups excluding carboxylic acids is 1. The Labute approximate surface area is 124 Å². The summed E-state index contributed by atoms with van der Waals surface area (Å²) < 4.78 is 0. The second-order valence-electron chi connectivity index (χ2n) is 4.29. The molecule has 1 unspecified atom stereocenters. The van der Waals surface area contributed by atoms with E-state index in [2.05, 4.69) is 10.7 Å². The lowest BCUT2D eigenvalue weighted by atomic mass is 10.1. The van der Waals surface area contributed by atoms with Gasteiger partial charge in [-0.15, -0.1) is 0 Å². The number of anilines is 1. The van der Waals surface area contributed by atoms with Crippen molar-refractivity contribution in [3.63, 3.8) is 0 Å². The lowest BCUT2D eigenvalue weighted by Gasteiger charge is -2.12. The lowest BCUT2D eigenvalue weighted by Crippen LogP contribution is -2.34. The highest BCUT2D eigenvalue weighted by Crippen LogP contribution is 2.33. The molecular weight excluding hydrogens is 304 g/mol. The fraction of sp³-hybridized carbons (Fsp3) is 0.364. The molecule has 1 amide bonds. The number of hydrazine groups is 1. The summed E-state index contributed by atoms with van der Waals surface area (Å²) in [6.45, 7) is 0. The van der Waals surface area contributed by atoms with Crippen LogP contribution in [0.2, 0.25) is 5.02 Å². The number of nitrogens with two attached hydrogens (primary N) is 1. The molecule has 0 radical (unpaired) electrons. The fourth-order valence-electron chi connectivity index (χ4n) is 1.93. The van der Waals surface area contributed by atoms with Gasteiger partial charge in [-0.25, -0.2) is 0 Å². The number of hydrogen-bond acceptors (Lipinski definition) is 6. The molecule has 0 aromatic heterocycles. The van der Waals surface area contributed by atoms with Crippen molar-refractivity contribution in [1.82, 2.24) is 5.32 Å². The zero-order valence-electron chi connectivity index (χ0n) is 10.4. The fourth-order valence-corrected chi connectivity index (χ4v) is 3.35. The summed E-state index contributed by atoms with van der Waals surface area (Å²) in [5, 5.41) is 13.8. The molecule has 9 heteroatoms. The first-order valence-electron chi connectivity index (χ1n) is 5.86. The van der Waals surface area contributed by atoms with Gasteiger partial charge in [-0.2, -0.15) is 11.8 Å². The summed E-state index contributed by atoms with van der Waals surface area (Å²) in [7, 11) is 0. The van der Waals surface area contributed by atoms with Crippen molar-refractivity contribution >= 4 is 40.6 Å². The Morgan fingerprint density at radius 1 is 1.55 bits per heavy atom. The average molecular weight is 317 g/mol. The Kier molecular flexibility index (Phi) is 4.69. The Morgan fingerprint density at radius 3 is 2.85 bits per heavy atom. The van der Waals surface area contributed by atoms with Gasteiger partial charge in [0.05, 0.1) is 9.95 Å². The molecule has 0 bridgehead atoms. The third-order valence-electron chi connectivity index (χ3n) is 2.94. The second kappa shape index (κ2) is 6.29. The van der Waals surface area contributed by atoms with Gasteiger partial charge in [0.2, 0.25) is 0 Å². The van der Waals surface area contributed by atoms with Crippen LogP contribution in [0.15, 0.2) is 12.1 Å². The van der Waals surface area contributed by atoms with E-state index in [1.54, 1.807) is 11.8 Å². The van der Waals surface area contributed by atoms with Crippen LogP contribution in [0.1, 0.15) is 16.8 Å².